The van der Waals surface area contributed by atoms with Gasteiger partial charge in [-0.05, 0) is 44.9 Å². The number of aliphatic hydroxyl groups is 2. The molecule has 0 saturated heterocycles. The Bertz CT molecular complexity index is 946. The molecule has 0 aliphatic carbocycles. The molecule has 0 aromatic carbocycles. The van der Waals surface area contributed by atoms with Crippen LogP contribution in [0.5, 0.6) is 0 Å². The highest BCUT2D eigenvalue weighted by molar-refractivity contribution is 5.77. The predicted molar refractivity (Wildman–Crippen MR) is 246 cm³/mol. The monoisotopic (exact) mass is 802 g/mol. The van der Waals surface area contributed by atoms with E-state index >= 15 is 0 Å². The fourth-order valence-corrected chi connectivity index (χ4v) is 7.55. The first kappa shape index (κ1) is 55.1. The average Bonchev–Trinajstić information content (AvgIpc) is 3.20. The maximum Gasteiger partial charge on any atom is 0.306 e. The SMILES string of the molecule is CC/C=C/C=C/C=C/CCCCCCCC(CC(=O)NC(CO)C(O)CCCCCCCCCCC)OC(=O)CCCCCCCCCCCCCCCCCC. The van der Waals surface area contributed by atoms with Crippen LogP contribution >= 0.6 is 0 Å². The van der Waals surface area contributed by atoms with Crippen molar-refractivity contribution in [2.24, 2.45) is 0 Å². The van der Waals surface area contributed by atoms with E-state index in [9.17, 15) is 19.8 Å². The minimum atomic E-state index is -0.789. The Balaban J connectivity index is 4.55. The average molecular weight is 802 g/mol. The van der Waals surface area contributed by atoms with Crippen LogP contribution in [-0.2, 0) is 14.3 Å². The van der Waals surface area contributed by atoms with Gasteiger partial charge in [-0.25, -0.2) is 0 Å². The van der Waals surface area contributed by atoms with Crippen LogP contribution in [0.15, 0.2) is 36.5 Å². The van der Waals surface area contributed by atoms with E-state index in [1.54, 1.807) is 0 Å². The molecule has 6 nitrogen and oxygen atoms in total. The number of esters is 1. The molecule has 0 aromatic rings. The van der Waals surface area contributed by atoms with Crippen LogP contribution in [0, 0.1) is 0 Å². The first-order valence-electron chi connectivity index (χ1n) is 24.7. The summed E-state index contributed by atoms with van der Waals surface area (Å²) in [6.07, 6.45) is 52.1. The number of amides is 1. The van der Waals surface area contributed by atoms with E-state index in [1.807, 2.05) is 0 Å². The molecule has 0 aliphatic rings. The largest absolute Gasteiger partial charge is 0.462 e. The molecule has 1 amide bonds. The molecular weight excluding hydrogens is 707 g/mol. The van der Waals surface area contributed by atoms with Crippen molar-refractivity contribution in [3.8, 4) is 0 Å². The van der Waals surface area contributed by atoms with Gasteiger partial charge in [0, 0.05) is 6.42 Å². The lowest BCUT2D eigenvalue weighted by atomic mass is 10.0. The van der Waals surface area contributed by atoms with E-state index in [0.717, 1.165) is 83.5 Å². The van der Waals surface area contributed by atoms with E-state index in [2.05, 4.69) is 62.5 Å². The summed E-state index contributed by atoms with van der Waals surface area (Å²) in [6, 6.07) is -0.703. The van der Waals surface area contributed by atoms with Crippen molar-refractivity contribution >= 4 is 11.9 Å². The lowest BCUT2D eigenvalue weighted by molar-refractivity contribution is -0.151. The first-order valence-corrected chi connectivity index (χ1v) is 24.7. The zero-order chi connectivity index (χ0) is 41.7. The summed E-state index contributed by atoms with van der Waals surface area (Å²) >= 11 is 0. The Morgan fingerprint density at radius 2 is 0.947 bits per heavy atom. The second-order valence-electron chi connectivity index (χ2n) is 16.9. The van der Waals surface area contributed by atoms with Crippen molar-refractivity contribution in [2.75, 3.05) is 6.61 Å². The molecule has 57 heavy (non-hydrogen) atoms. The Hall–Kier alpha value is -1.92. The van der Waals surface area contributed by atoms with Crippen LogP contribution in [-0.4, -0.2) is 46.9 Å². The second-order valence-corrected chi connectivity index (χ2v) is 16.9. The van der Waals surface area contributed by atoms with E-state index in [1.165, 1.54) is 122 Å². The van der Waals surface area contributed by atoms with Crippen LogP contribution in [0.4, 0.5) is 0 Å². The number of rotatable bonds is 44. The molecule has 0 bridgehead atoms. The fraction of sp³-hybridized carbons (Fsp3) is 0.843. The topological polar surface area (TPSA) is 95.9 Å². The van der Waals surface area contributed by atoms with Crippen molar-refractivity contribution in [3.05, 3.63) is 36.5 Å². The molecule has 0 radical (unpaired) electrons. The number of allylic oxidation sites excluding steroid dienone is 6. The van der Waals surface area contributed by atoms with Gasteiger partial charge in [0.1, 0.15) is 6.10 Å². The maximum atomic E-state index is 13.1. The van der Waals surface area contributed by atoms with Gasteiger partial charge in [0.15, 0.2) is 0 Å². The van der Waals surface area contributed by atoms with Gasteiger partial charge in [0.05, 0.1) is 25.2 Å². The summed E-state index contributed by atoms with van der Waals surface area (Å²) in [4.78, 5) is 26.1. The summed E-state index contributed by atoms with van der Waals surface area (Å²) in [5.41, 5.74) is 0. The second kappa shape index (κ2) is 45.2. The van der Waals surface area contributed by atoms with E-state index in [0.29, 0.717) is 19.3 Å². The summed E-state index contributed by atoms with van der Waals surface area (Å²) in [6.45, 7) is 6.34. The molecule has 3 unspecified atom stereocenters. The Kier molecular flexibility index (Phi) is 43.6. The molecule has 0 aliphatic heterocycles. The Morgan fingerprint density at radius 1 is 0.526 bits per heavy atom. The van der Waals surface area contributed by atoms with E-state index in [-0.39, 0.29) is 24.9 Å². The quantitative estimate of drug-likeness (QED) is 0.0324. The molecule has 3 N–H and O–H groups in total. The van der Waals surface area contributed by atoms with Crippen LogP contribution in [0.3, 0.4) is 0 Å². The summed E-state index contributed by atoms with van der Waals surface area (Å²) < 4.78 is 5.92. The van der Waals surface area contributed by atoms with Crippen molar-refractivity contribution in [3.63, 3.8) is 0 Å². The molecule has 0 spiro atoms. The molecule has 0 saturated carbocycles. The molecular formula is C51H95NO5. The van der Waals surface area contributed by atoms with Crippen molar-refractivity contribution in [1.82, 2.24) is 5.32 Å². The normalized spacial score (nSPS) is 13.6. The summed E-state index contributed by atoms with van der Waals surface area (Å²) in [5.74, 6) is -0.486. The number of hydrogen-bond donors (Lipinski definition) is 3. The van der Waals surface area contributed by atoms with Gasteiger partial charge in [-0.15, -0.1) is 0 Å². The minimum Gasteiger partial charge on any atom is -0.462 e. The molecule has 6 heteroatoms. The smallest absolute Gasteiger partial charge is 0.306 e. The zero-order valence-electron chi connectivity index (χ0n) is 38.0. The zero-order valence-corrected chi connectivity index (χ0v) is 38.0. The number of aliphatic hydroxyl groups excluding tert-OH is 2. The molecule has 0 rings (SSSR count). The minimum absolute atomic E-state index is 0.0672. The van der Waals surface area contributed by atoms with Gasteiger partial charge in [-0.3, -0.25) is 9.59 Å². The van der Waals surface area contributed by atoms with E-state index < -0.39 is 18.2 Å². The third-order valence-electron chi connectivity index (χ3n) is 11.3. The van der Waals surface area contributed by atoms with Crippen molar-refractivity contribution < 1.29 is 24.5 Å². The predicted octanol–water partition coefficient (Wildman–Crippen LogP) is 14.5. The number of hydrogen-bond acceptors (Lipinski definition) is 5. The van der Waals surface area contributed by atoms with Gasteiger partial charge in [-0.2, -0.15) is 0 Å². The fourth-order valence-electron chi connectivity index (χ4n) is 7.55. The lowest BCUT2D eigenvalue weighted by Gasteiger charge is -2.24. The highest BCUT2D eigenvalue weighted by Gasteiger charge is 2.24. The van der Waals surface area contributed by atoms with Gasteiger partial charge in [-0.1, -0.05) is 231 Å². The number of unbranched alkanes of at least 4 members (excludes halogenated alkanes) is 28. The maximum absolute atomic E-state index is 13.1. The van der Waals surface area contributed by atoms with Gasteiger partial charge in [0.2, 0.25) is 5.91 Å². The molecule has 3 atom stereocenters. The standard InChI is InChI=1S/C51H95NO5/c1-4-7-10-13-16-19-21-23-24-25-27-29-32-35-38-41-44-51(56)57-47(42-39-36-33-31-28-26-22-20-17-14-11-8-5-2)45-50(55)52-48(46-53)49(54)43-40-37-34-30-18-15-12-9-6-3/h8,11,14,17,20,22,47-49,53-54H,4-7,9-10,12-13,15-16,18-19,21,23-46H2,1-3H3,(H,52,55)/b11-8+,17-14+,22-20+. The summed E-state index contributed by atoms with van der Waals surface area (Å²) in [7, 11) is 0. The Labute approximate surface area is 353 Å². The third-order valence-corrected chi connectivity index (χ3v) is 11.3. The van der Waals surface area contributed by atoms with Crippen molar-refractivity contribution in [1.29, 1.82) is 0 Å². The van der Waals surface area contributed by atoms with Gasteiger partial charge in [0.25, 0.3) is 0 Å². The van der Waals surface area contributed by atoms with Gasteiger partial charge >= 0.3 is 5.97 Å². The highest BCUT2D eigenvalue weighted by atomic mass is 16.5. The van der Waals surface area contributed by atoms with Crippen LogP contribution in [0.1, 0.15) is 252 Å². The first-order chi connectivity index (χ1) is 28.0. The molecule has 0 heterocycles. The number of carbonyl (C=O) groups is 2. The number of nitrogens with one attached hydrogen (secondary N) is 1. The van der Waals surface area contributed by atoms with Crippen molar-refractivity contribution in [2.45, 2.75) is 270 Å². The van der Waals surface area contributed by atoms with E-state index in [4.69, 9.17) is 4.74 Å². The Morgan fingerprint density at radius 3 is 1.42 bits per heavy atom. The molecule has 0 fully saturated rings. The van der Waals surface area contributed by atoms with Gasteiger partial charge < -0.3 is 20.3 Å². The molecule has 334 valence electrons. The molecule has 0 aromatic heterocycles. The number of ether oxygens (including phenoxy) is 1. The van der Waals surface area contributed by atoms with Crippen LogP contribution in [0.2, 0.25) is 0 Å². The van der Waals surface area contributed by atoms with Crippen LogP contribution < -0.4 is 5.32 Å². The summed E-state index contributed by atoms with van der Waals surface area (Å²) in [5, 5.41) is 23.6. The third kappa shape index (κ3) is 40.6. The number of carbonyl (C=O) groups excluding carboxylic acids is 2. The van der Waals surface area contributed by atoms with Crippen LogP contribution in [0.25, 0.3) is 0 Å². The lowest BCUT2D eigenvalue weighted by Crippen LogP contribution is -2.46. The highest BCUT2D eigenvalue weighted by Crippen LogP contribution is 2.18.